The first-order valence-electron chi connectivity index (χ1n) is 31.2. The van der Waals surface area contributed by atoms with Crippen molar-refractivity contribution in [3.63, 3.8) is 0 Å². The fourth-order valence-electron chi connectivity index (χ4n) is 8.84. The van der Waals surface area contributed by atoms with Crippen LogP contribution in [0, 0.1) is 0 Å². The predicted molar refractivity (Wildman–Crippen MR) is 321 cm³/mol. The normalized spacial score (nSPS) is 14.2. The Kier molecular flexibility index (Phi) is 52.9. The summed E-state index contributed by atoms with van der Waals surface area (Å²) in [4.78, 5) is 40.0. The summed E-state index contributed by atoms with van der Waals surface area (Å²) in [6.45, 7) is 6.72. The number of phosphoric acid groups is 1. The first-order chi connectivity index (χ1) is 36.4. The molecule has 0 radical (unpaired) electrons. The maximum atomic E-state index is 13.5. The molecule has 9 nitrogen and oxygen atoms in total. The van der Waals surface area contributed by atoms with Crippen LogP contribution in [-0.2, 0) is 27.9 Å². The van der Waals surface area contributed by atoms with Gasteiger partial charge in [0.2, 0.25) is 5.91 Å². The number of phosphoric ester groups is 1. The Morgan fingerprint density at radius 3 is 1.29 bits per heavy atom. The number of allylic oxidation sites excluding steroid dienone is 11. The molecule has 0 saturated heterocycles. The van der Waals surface area contributed by atoms with Gasteiger partial charge in [0.05, 0.1) is 33.8 Å². The smallest absolute Gasteiger partial charge is 0.306 e. The first kappa shape index (κ1) is 72.5. The first-order valence-corrected chi connectivity index (χ1v) is 32.7. The summed E-state index contributed by atoms with van der Waals surface area (Å²) in [5, 5.41) is 3.01. The van der Waals surface area contributed by atoms with E-state index >= 15 is 0 Å². The molecule has 0 aliphatic heterocycles. The average Bonchev–Trinajstić information content (AvgIpc) is 3.37. The second-order valence-corrected chi connectivity index (χ2v) is 23.6. The van der Waals surface area contributed by atoms with Gasteiger partial charge in [-0.1, -0.05) is 261 Å². The van der Waals surface area contributed by atoms with Gasteiger partial charge >= 0.3 is 5.97 Å². The summed E-state index contributed by atoms with van der Waals surface area (Å²) >= 11 is 0. The van der Waals surface area contributed by atoms with Crippen molar-refractivity contribution in [3.8, 4) is 0 Å². The lowest BCUT2D eigenvalue weighted by molar-refractivity contribution is -0.870. The standard InChI is InChI=1S/C65H119N2O7P/c1-7-10-13-16-19-22-25-28-30-32-33-35-36-39-42-45-48-51-54-57-64(68)66-62(61-73-75(70,71)72-60-59-67(4,5)6)63(56-53-50-47-44-41-38-27-24-21-18-15-12-9-3)74-65(69)58-55-52-49-46-43-40-37-34-31-29-26-23-20-17-14-11-8-2/h10,13,19,22,28,30,33,35,39,42,53,56,62-63H,7-9,11-12,14-18,20-21,23-27,29,31-32,34,36-38,40-41,43-52,54-55,57-61H2,1-6H3,(H-,66,68,70,71)/b13-10-,22-19-,30-28-,35-33-,42-39-,56-53+. The molecule has 0 spiro atoms. The molecule has 0 bridgehead atoms. The van der Waals surface area contributed by atoms with E-state index in [9.17, 15) is 19.0 Å². The number of unbranched alkanes of at least 4 members (excludes halogenated alkanes) is 30. The fraction of sp³-hybridized carbons (Fsp3) is 0.785. The van der Waals surface area contributed by atoms with Crippen LogP contribution in [0.3, 0.4) is 0 Å². The second-order valence-electron chi connectivity index (χ2n) is 22.2. The summed E-state index contributed by atoms with van der Waals surface area (Å²) in [5.41, 5.74) is 0. The van der Waals surface area contributed by atoms with Crippen LogP contribution in [0.1, 0.15) is 278 Å². The summed E-state index contributed by atoms with van der Waals surface area (Å²) in [7, 11) is 1.16. The number of carbonyl (C=O) groups excluding carboxylic acids is 2. The molecule has 1 N–H and O–H groups in total. The van der Waals surface area contributed by atoms with Crippen LogP contribution in [0.25, 0.3) is 0 Å². The highest BCUT2D eigenvalue weighted by atomic mass is 31.2. The Bertz CT molecular complexity index is 1510. The zero-order valence-corrected chi connectivity index (χ0v) is 50.6. The fourth-order valence-corrected chi connectivity index (χ4v) is 9.57. The van der Waals surface area contributed by atoms with E-state index < -0.39 is 26.6 Å². The molecule has 0 aliphatic rings. The largest absolute Gasteiger partial charge is 0.756 e. The van der Waals surface area contributed by atoms with E-state index in [4.69, 9.17) is 13.8 Å². The number of ether oxygens (including phenoxy) is 1. The van der Waals surface area contributed by atoms with Crippen molar-refractivity contribution >= 4 is 19.7 Å². The Morgan fingerprint density at radius 1 is 0.480 bits per heavy atom. The summed E-state index contributed by atoms with van der Waals surface area (Å²) < 4.78 is 30.3. The van der Waals surface area contributed by atoms with E-state index in [0.717, 1.165) is 89.9 Å². The molecule has 0 saturated carbocycles. The van der Waals surface area contributed by atoms with Crippen molar-refractivity contribution in [1.29, 1.82) is 0 Å². The number of nitrogens with one attached hydrogen (secondary N) is 1. The quantitative estimate of drug-likeness (QED) is 0.0212. The predicted octanol–water partition coefficient (Wildman–Crippen LogP) is 18.6. The Morgan fingerprint density at radius 2 is 0.853 bits per heavy atom. The van der Waals surface area contributed by atoms with Crippen LogP contribution in [0.4, 0.5) is 0 Å². The van der Waals surface area contributed by atoms with Crippen LogP contribution in [-0.4, -0.2) is 69.4 Å². The summed E-state index contributed by atoms with van der Waals surface area (Å²) in [5.74, 6) is -0.572. The molecule has 1 amide bonds. The summed E-state index contributed by atoms with van der Waals surface area (Å²) in [6.07, 6.45) is 70.1. The van der Waals surface area contributed by atoms with Gasteiger partial charge in [-0.3, -0.25) is 14.2 Å². The van der Waals surface area contributed by atoms with E-state index in [2.05, 4.69) is 86.8 Å². The molecule has 0 heterocycles. The van der Waals surface area contributed by atoms with Crippen molar-refractivity contribution < 1.29 is 37.3 Å². The zero-order chi connectivity index (χ0) is 55.0. The van der Waals surface area contributed by atoms with Gasteiger partial charge < -0.3 is 28.5 Å². The highest BCUT2D eigenvalue weighted by Crippen LogP contribution is 2.38. The number of amides is 1. The highest BCUT2D eigenvalue weighted by molar-refractivity contribution is 7.45. The Labute approximate surface area is 463 Å². The summed E-state index contributed by atoms with van der Waals surface area (Å²) in [6, 6.07) is -0.906. The molecule has 75 heavy (non-hydrogen) atoms. The number of nitrogens with zero attached hydrogens (tertiary/aromatic N) is 1. The topological polar surface area (TPSA) is 114 Å². The Hall–Kier alpha value is -2.55. The Balaban J connectivity index is 5.34. The SMILES string of the molecule is CC/C=C\C/C=C\C/C=C\C/C=C\C/C=C\CCCCCC(=O)NC(COP(=O)([O-])OCC[N+](C)(C)C)C(/C=C/CCCCCCCCCCCCC)OC(=O)CCCCCCCCCCCCCCCCCCC. The molecule has 0 rings (SSSR count). The minimum absolute atomic E-state index is 0.0302. The highest BCUT2D eigenvalue weighted by Gasteiger charge is 2.27. The molecule has 436 valence electrons. The van der Waals surface area contributed by atoms with Crippen LogP contribution in [0.5, 0.6) is 0 Å². The molecule has 0 aromatic rings. The third-order valence-corrected chi connectivity index (χ3v) is 14.6. The molecule has 3 atom stereocenters. The number of carbonyl (C=O) groups is 2. The van der Waals surface area contributed by atoms with Gasteiger partial charge in [-0.05, 0) is 76.7 Å². The molecular weight excluding hydrogens is 952 g/mol. The third-order valence-electron chi connectivity index (χ3n) is 13.7. The van der Waals surface area contributed by atoms with Crippen LogP contribution < -0.4 is 10.2 Å². The van der Waals surface area contributed by atoms with Gasteiger partial charge in [-0.15, -0.1) is 0 Å². The van der Waals surface area contributed by atoms with Crippen molar-refractivity contribution in [2.75, 3.05) is 40.9 Å². The number of hydrogen-bond acceptors (Lipinski definition) is 7. The van der Waals surface area contributed by atoms with Crippen LogP contribution >= 0.6 is 7.82 Å². The average molecular weight is 1070 g/mol. The lowest BCUT2D eigenvalue weighted by Gasteiger charge is -2.30. The molecular formula is C65H119N2O7P. The van der Waals surface area contributed by atoms with Crippen molar-refractivity contribution in [2.24, 2.45) is 0 Å². The number of likely N-dealkylation sites (N-methyl/N-ethyl adjacent to an activating group) is 1. The zero-order valence-electron chi connectivity index (χ0n) is 49.7. The molecule has 0 aliphatic carbocycles. The maximum absolute atomic E-state index is 13.5. The third kappa shape index (κ3) is 56.0. The van der Waals surface area contributed by atoms with Gasteiger partial charge in [0, 0.05) is 12.8 Å². The van der Waals surface area contributed by atoms with E-state index in [1.807, 2.05) is 33.3 Å². The van der Waals surface area contributed by atoms with E-state index in [0.29, 0.717) is 17.4 Å². The van der Waals surface area contributed by atoms with E-state index in [1.165, 1.54) is 148 Å². The number of esters is 1. The van der Waals surface area contributed by atoms with Gasteiger partial charge in [-0.2, -0.15) is 0 Å². The second kappa shape index (κ2) is 54.8. The molecule has 10 heteroatoms. The van der Waals surface area contributed by atoms with Gasteiger partial charge in [0.1, 0.15) is 19.3 Å². The lowest BCUT2D eigenvalue weighted by atomic mass is 10.0. The van der Waals surface area contributed by atoms with Gasteiger partial charge in [0.15, 0.2) is 0 Å². The minimum Gasteiger partial charge on any atom is -0.756 e. The van der Waals surface area contributed by atoms with Crippen molar-refractivity contribution in [1.82, 2.24) is 5.32 Å². The van der Waals surface area contributed by atoms with Crippen molar-refractivity contribution in [2.45, 2.75) is 290 Å². The van der Waals surface area contributed by atoms with Crippen LogP contribution in [0.2, 0.25) is 0 Å². The van der Waals surface area contributed by atoms with E-state index in [-0.39, 0.29) is 31.3 Å². The van der Waals surface area contributed by atoms with Gasteiger partial charge in [-0.25, -0.2) is 0 Å². The maximum Gasteiger partial charge on any atom is 0.306 e. The molecule has 3 unspecified atom stereocenters. The lowest BCUT2D eigenvalue weighted by Crippen LogP contribution is -2.47. The van der Waals surface area contributed by atoms with E-state index in [1.54, 1.807) is 0 Å². The molecule has 0 aromatic heterocycles. The van der Waals surface area contributed by atoms with Crippen molar-refractivity contribution in [3.05, 3.63) is 72.9 Å². The minimum atomic E-state index is -4.71. The number of hydrogen-bond donors (Lipinski definition) is 1. The van der Waals surface area contributed by atoms with Crippen LogP contribution in [0.15, 0.2) is 72.9 Å². The monoisotopic (exact) mass is 1070 g/mol. The number of rotatable bonds is 56. The number of quaternary nitrogens is 1. The molecule has 0 fully saturated rings. The van der Waals surface area contributed by atoms with Gasteiger partial charge in [0.25, 0.3) is 7.82 Å². The molecule has 0 aromatic carbocycles.